The predicted molar refractivity (Wildman–Crippen MR) is 143 cm³/mol. The van der Waals surface area contributed by atoms with Gasteiger partial charge in [0.1, 0.15) is 0 Å². The lowest BCUT2D eigenvalue weighted by molar-refractivity contribution is -0.622. The highest BCUT2D eigenvalue weighted by atomic mass is 32.1. The summed E-state index contributed by atoms with van der Waals surface area (Å²) in [5.41, 5.74) is 3.85. The summed E-state index contributed by atoms with van der Waals surface area (Å²) in [5.74, 6) is -0.707. The molecule has 1 aromatic heterocycles. The number of hydrazone groups is 1. The van der Waals surface area contributed by atoms with E-state index in [0.29, 0.717) is 37.9 Å². The molecule has 0 spiro atoms. The molecule has 9 nitrogen and oxygen atoms in total. The van der Waals surface area contributed by atoms with Gasteiger partial charge in [-0.2, -0.15) is 9.83 Å². The van der Waals surface area contributed by atoms with Crippen molar-refractivity contribution in [3.63, 3.8) is 0 Å². The van der Waals surface area contributed by atoms with Gasteiger partial charge in [0.05, 0.1) is 11.8 Å². The standard InChI is InChI=1S/C26H22N6O3S/c1-2-15-27-26(36)30-28-17-18-13-14-21-22(16-18)32(35)24(25(33)29-20-11-7-4-8-12-20)23(31(21)34)19-9-5-3-6-10-19/h2-14,16-17H,1,15H2,(H,29,33)(H2,27,30,36)/b28-17+. The summed E-state index contributed by atoms with van der Waals surface area (Å²) in [6, 6.07) is 21.9. The molecule has 1 amide bonds. The number of amides is 1. The molecule has 180 valence electrons. The van der Waals surface area contributed by atoms with Crippen LogP contribution in [0.3, 0.4) is 0 Å². The van der Waals surface area contributed by atoms with Crippen LogP contribution in [0.2, 0.25) is 0 Å². The fraction of sp³-hybridized carbons (Fsp3) is 0.0385. The first-order valence-electron chi connectivity index (χ1n) is 10.9. The SMILES string of the molecule is C=CCNC(=S)N/N=C/c1ccc2c(c1)[n+]([O-])c(C(=O)Nc1ccccc1)c(-c1ccccc1)[n+]2[O-]. The number of aromatic nitrogens is 2. The maximum Gasteiger partial charge on any atom is 0.356 e. The molecule has 0 aliphatic heterocycles. The van der Waals surface area contributed by atoms with Crippen molar-refractivity contribution in [3.8, 4) is 11.3 Å². The maximum absolute atomic E-state index is 13.6. The van der Waals surface area contributed by atoms with Gasteiger partial charge in [-0.05, 0) is 42.5 Å². The van der Waals surface area contributed by atoms with E-state index >= 15 is 0 Å². The van der Waals surface area contributed by atoms with Gasteiger partial charge in [-0.15, -0.1) is 11.3 Å². The van der Waals surface area contributed by atoms with Crippen LogP contribution in [0.5, 0.6) is 0 Å². The summed E-state index contributed by atoms with van der Waals surface area (Å²) >= 11 is 5.08. The molecule has 0 unspecified atom stereocenters. The fourth-order valence-corrected chi connectivity index (χ4v) is 3.66. The first-order chi connectivity index (χ1) is 17.5. The molecule has 0 bridgehead atoms. The van der Waals surface area contributed by atoms with E-state index in [1.165, 1.54) is 18.3 Å². The first-order valence-corrected chi connectivity index (χ1v) is 11.3. The lowest BCUT2D eigenvalue weighted by Gasteiger charge is -2.13. The molecular weight excluding hydrogens is 476 g/mol. The lowest BCUT2D eigenvalue weighted by atomic mass is 10.1. The van der Waals surface area contributed by atoms with E-state index in [1.54, 1.807) is 72.8 Å². The highest BCUT2D eigenvalue weighted by molar-refractivity contribution is 7.80. The van der Waals surface area contributed by atoms with Crippen molar-refractivity contribution in [1.82, 2.24) is 10.7 Å². The van der Waals surface area contributed by atoms with Crippen LogP contribution in [-0.2, 0) is 0 Å². The summed E-state index contributed by atoms with van der Waals surface area (Å²) in [5, 5.41) is 37.0. The quantitative estimate of drug-likeness (QED) is 0.0900. The van der Waals surface area contributed by atoms with Crippen LogP contribution in [0.25, 0.3) is 22.3 Å². The van der Waals surface area contributed by atoms with Crippen molar-refractivity contribution in [1.29, 1.82) is 0 Å². The average molecular weight is 499 g/mol. The third-order valence-electron chi connectivity index (χ3n) is 5.15. The monoisotopic (exact) mass is 498 g/mol. The summed E-state index contributed by atoms with van der Waals surface area (Å²) in [4.78, 5) is 13.3. The number of fused-ring (bicyclic) bond motifs is 1. The number of carbonyl (C=O) groups excluding carboxylic acids is 1. The number of nitrogens with one attached hydrogen (secondary N) is 3. The maximum atomic E-state index is 13.6. The zero-order valence-corrected chi connectivity index (χ0v) is 19.9. The molecule has 0 saturated carbocycles. The van der Waals surface area contributed by atoms with Gasteiger partial charge in [-0.3, -0.25) is 10.2 Å². The number of carbonyl (C=O) groups is 1. The van der Waals surface area contributed by atoms with Gasteiger partial charge in [-0.1, -0.05) is 42.5 Å². The molecular formula is C26H22N6O3S. The number of hydrogen-bond acceptors (Lipinski definition) is 5. The third kappa shape index (κ3) is 5.29. The number of rotatable bonds is 7. The molecule has 3 N–H and O–H groups in total. The number of thiocarbonyl (C=S) groups is 1. The molecule has 3 aromatic carbocycles. The molecule has 1 heterocycles. The Hall–Kier alpha value is -4.83. The normalized spacial score (nSPS) is 10.8. The molecule has 4 rings (SSSR count). The van der Waals surface area contributed by atoms with Crippen LogP contribution in [-0.4, -0.2) is 23.8 Å². The minimum absolute atomic E-state index is 0.0131. The lowest BCUT2D eigenvalue weighted by Crippen LogP contribution is -2.47. The molecule has 0 saturated heterocycles. The van der Waals surface area contributed by atoms with Crippen molar-refractivity contribution < 1.29 is 14.3 Å². The number of para-hydroxylation sites is 1. The van der Waals surface area contributed by atoms with E-state index in [4.69, 9.17) is 12.2 Å². The van der Waals surface area contributed by atoms with E-state index < -0.39 is 5.91 Å². The van der Waals surface area contributed by atoms with Gasteiger partial charge >= 0.3 is 17.3 Å². The second-order valence-corrected chi connectivity index (χ2v) is 8.00. The van der Waals surface area contributed by atoms with Crippen molar-refractivity contribution in [2.75, 3.05) is 11.9 Å². The van der Waals surface area contributed by atoms with Crippen LogP contribution in [0.15, 0.2) is 96.6 Å². The number of anilines is 1. The Kier molecular flexibility index (Phi) is 7.47. The smallest absolute Gasteiger partial charge is 0.356 e. The Morgan fingerprint density at radius 3 is 2.36 bits per heavy atom. The average Bonchev–Trinajstić information content (AvgIpc) is 2.90. The Morgan fingerprint density at radius 2 is 1.67 bits per heavy atom. The highest BCUT2D eigenvalue weighted by Crippen LogP contribution is 2.22. The van der Waals surface area contributed by atoms with Crippen LogP contribution >= 0.6 is 12.2 Å². The summed E-state index contributed by atoms with van der Waals surface area (Å²) in [6.45, 7) is 4.08. The predicted octanol–water partition coefficient (Wildman–Crippen LogP) is 3.01. The molecule has 0 aliphatic carbocycles. The minimum atomic E-state index is -0.707. The number of hydrogen-bond donors (Lipinski definition) is 3. The number of nitrogens with zero attached hydrogens (tertiary/aromatic N) is 3. The van der Waals surface area contributed by atoms with Crippen LogP contribution in [0.1, 0.15) is 16.1 Å². The summed E-state index contributed by atoms with van der Waals surface area (Å²) < 4.78 is 1.08. The summed E-state index contributed by atoms with van der Waals surface area (Å²) in [7, 11) is 0. The van der Waals surface area contributed by atoms with E-state index in [9.17, 15) is 15.2 Å². The van der Waals surface area contributed by atoms with Crippen molar-refractivity contribution in [2.45, 2.75) is 0 Å². The van der Waals surface area contributed by atoms with Gasteiger partial charge in [0.2, 0.25) is 0 Å². The molecule has 36 heavy (non-hydrogen) atoms. The van der Waals surface area contributed by atoms with Crippen LogP contribution < -0.4 is 25.5 Å². The topological polar surface area (TPSA) is 119 Å². The van der Waals surface area contributed by atoms with Crippen LogP contribution in [0, 0.1) is 10.4 Å². The van der Waals surface area contributed by atoms with Crippen molar-refractivity contribution in [3.05, 3.63) is 113 Å². The zero-order valence-electron chi connectivity index (χ0n) is 19.0. The largest absolute Gasteiger partial charge is 0.617 e. The minimum Gasteiger partial charge on any atom is -0.617 e. The van der Waals surface area contributed by atoms with Gasteiger partial charge in [0.15, 0.2) is 5.11 Å². The molecule has 0 aliphatic rings. The molecule has 0 fully saturated rings. The molecule has 10 heteroatoms. The number of benzene rings is 3. The van der Waals surface area contributed by atoms with Crippen molar-refractivity contribution >= 4 is 46.2 Å². The Labute approximate surface area is 212 Å². The fourth-order valence-electron chi connectivity index (χ4n) is 3.52. The van der Waals surface area contributed by atoms with Gasteiger partial charge in [0.25, 0.3) is 11.0 Å². The third-order valence-corrected chi connectivity index (χ3v) is 5.38. The second kappa shape index (κ2) is 11.1. The first kappa shape index (κ1) is 24.3. The van der Waals surface area contributed by atoms with E-state index in [1.807, 2.05) is 0 Å². The van der Waals surface area contributed by atoms with E-state index in [0.717, 1.165) is 0 Å². The van der Waals surface area contributed by atoms with E-state index in [2.05, 4.69) is 27.7 Å². The Bertz CT molecular complexity index is 1460. The molecule has 0 radical (unpaired) electrons. The summed E-state index contributed by atoms with van der Waals surface area (Å²) in [6.07, 6.45) is 3.10. The van der Waals surface area contributed by atoms with Crippen LogP contribution in [0.4, 0.5) is 5.69 Å². The van der Waals surface area contributed by atoms with Gasteiger partial charge in [0, 0.05) is 29.9 Å². The van der Waals surface area contributed by atoms with Gasteiger partial charge < -0.3 is 21.0 Å². The molecule has 4 aromatic rings. The molecule has 0 atom stereocenters. The highest BCUT2D eigenvalue weighted by Gasteiger charge is 2.34. The Balaban J connectivity index is 1.80. The van der Waals surface area contributed by atoms with E-state index in [-0.39, 0.29) is 22.4 Å². The second-order valence-electron chi connectivity index (χ2n) is 7.59. The van der Waals surface area contributed by atoms with Gasteiger partial charge in [-0.25, -0.2) is 0 Å². The Morgan fingerprint density at radius 1 is 0.972 bits per heavy atom. The van der Waals surface area contributed by atoms with Crippen molar-refractivity contribution in [2.24, 2.45) is 5.10 Å². The zero-order chi connectivity index (χ0) is 25.5.